The lowest BCUT2D eigenvalue weighted by atomic mass is 10.0. The minimum absolute atomic E-state index is 0.0184. The van der Waals surface area contributed by atoms with Gasteiger partial charge >= 0.3 is 6.09 Å². The van der Waals surface area contributed by atoms with E-state index in [2.05, 4.69) is 26.2 Å². The van der Waals surface area contributed by atoms with Crippen molar-refractivity contribution in [3.63, 3.8) is 0 Å². The van der Waals surface area contributed by atoms with E-state index in [-0.39, 0.29) is 5.92 Å². The fraction of sp³-hybridized carbons (Fsp3) is 0.538. The predicted molar refractivity (Wildman–Crippen MR) is 78.0 cm³/mol. The number of nitrogens with one attached hydrogen (secondary N) is 1. The molecule has 1 aromatic heterocycles. The van der Waals surface area contributed by atoms with E-state index in [0.717, 1.165) is 10.0 Å². The summed E-state index contributed by atoms with van der Waals surface area (Å²) >= 11 is 3.43. The van der Waals surface area contributed by atoms with E-state index in [1.54, 1.807) is 12.4 Å². The lowest BCUT2D eigenvalue weighted by Gasteiger charge is -2.22. The molecule has 1 rings (SSSR count). The van der Waals surface area contributed by atoms with Crippen molar-refractivity contribution in [2.24, 2.45) is 5.73 Å². The van der Waals surface area contributed by atoms with Gasteiger partial charge in [-0.1, -0.05) is 0 Å². The first kappa shape index (κ1) is 15.9. The lowest BCUT2D eigenvalue weighted by Crippen LogP contribution is -2.36. The molecule has 0 radical (unpaired) electrons. The number of pyridine rings is 1. The van der Waals surface area contributed by atoms with Gasteiger partial charge in [-0.05, 0) is 48.3 Å². The number of hydrogen-bond acceptors (Lipinski definition) is 4. The van der Waals surface area contributed by atoms with Crippen LogP contribution in [-0.2, 0) is 4.74 Å². The Balaban J connectivity index is 2.59. The molecule has 106 valence electrons. The minimum atomic E-state index is -0.500. The summed E-state index contributed by atoms with van der Waals surface area (Å²) in [6, 6.07) is 1.89. The highest BCUT2D eigenvalue weighted by molar-refractivity contribution is 9.10. The number of halogens is 1. The topological polar surface area (TPSA) is 77.2 Å². The van der Waals surface area contributed by atoms with Crippen LogP contribution in [-0.4, -0.2) is 29.8 Å². The Hall–Kier alpha value is -1.14. The third kappa shape index (κ3) is 5.57. The molecule has 6 heteroatoms. The Morgan fingerprint density at radius 3 is 2.79 bits per heavy atom. The van der Waals surface area contributed by atoms with Gasteiger partial charge in [0.2, 0.25) is 0 Å². The second-order valence-corrected chi connectivity index (χ2v) is 6.07. The molecule has 0 bridgehead atoms. The van der Waals surface area contributed by atoms with E-state index < -0.39 is 11.7 Å². The number of alkyl carbamates (subject to hydrolysis) is 1. The van der Waals surface area contributed by atoms with Crippen LogP contribution in [0.1, 0.15) is 32.3 Å². The zero-order valence-corrected chi connectivity index (χ0v) is 13.0. The standard InChI is InChI=1S/C13H20BrN3O2/c1-13(2,3)19-12(18)17-7-9(6-15)10-4-5-16-8-11(10)14/h4-5,8-9H,6-7,15H2,1-3H3,(H,17,18). The van der Waals surface area contributed by atoms with Crippen molar-refractivity contribution in [3.05, 3.63) is 28.5 Å². The molecule has 1 aromatic rings. The largest absolute Gasteiger partial charge is 0.444 e. The zero-order chi connectivity index (χ0) is 14.5. The Morgan fingerprint density at radius 2 is 2.26 bits per heavy atom. The van der Waals surface area contributed by atoms with Gasteiger partial charge in [0.1, 0.15) is 5.60 Å². The van der Waals surface area contributed by atoms with Crippen LogP contribution in [0.5, 0.6) is 0 Å². The monoisotopic (exact) mass is 329 g/mol. The van der Waals surface area contributed by atoms with E-state index in [9.17, 15) is 4.79 Å². The van der Waals surface area contributed by atoms with Crippen molar-refractivity contribution in [3.8, 4) is 0 Å². The second kappa shape index (κ2) is 6.86. The number of rotatable bonds is 4. The summed E-state index contributed by atoms with van der Waals surface area (Å²) in [4.78, 5) is 15.6. The van der Waals surface area contributed by atoms with Crippen molar-refractivity contribution in [1.29, 1.82) is 0 Å². The average molecular weight is 330 g/mol. The van der Waals surface area contributed by atoms with Crippen LogP contribution in [0.3, 0.4) is 0 Å². The first-order valence-electron chi connectivity index (χ1n) is 6.10. The van der Waals surface area contributed by atoms with Gasteiger partial charge in [-0.25, -0.2) is 4.79 Å². The Morgan fingerprint density at radius 1 is 1.58 bits per heavy atom. The van der Waals surface area contributed by atoms with Gasteiger partial charge in [-0.2, -0.15) is 0 Å². The number of nitrogens with two attached hydrogens (primary N) is 1. The summed E-state index contributed by atoms with van der Waals surface area (Å²) in [6.07, 6.45) is 2.98. The van der Waals surface area contributed by atoms with Crippen molar-refractivity contribution >= 4 is 22.0 Å². The first-order chi connectivity index (χ1) is 8.83. The SMILES string of the molecule is CC(C)(C)OC(=O)NCC(CN)c1ccncc1Br. The maximum absolute atomic E-state index is 11.6. The molecule has 1 unspecified atom stereocenters. The van der Waals surface area contributed by atoms with Crippen LogP contribution >= 0.6 is 15.9 Å². The molecule has 19 heavy (non-hydrogen) atoms. The molecule has 1 atom stereocenters. The third-order valence-electron chi connectivity index (χ3n) is 2.42. The number of aromatic nitrogens is 1. The molecule has 0 aliphatic rings. The Labute approximate surface area is 122 Å². The number of ether oxygens (including phenoxy) is 1. The summed E-state index contributed by atoms with van der Waals surface area (Å²) in [5.41, 5.74) is 6.28. The summed E-state index contributed by atoms with van der Waals surface area (Å²) in [5, 5.41) is 2.73. The van der Waals surface area contributed by atoms with E-state index >= 15 is 0 Å². The third-order valence-corrected chi connectivity index (χ3v) is 3.08. The zero-order valence-electron chi connectivity index (χ0n) is 11.4. The molecule has 0 saturated carbocycles. The number of carbonyl (C=O) groups is 1. The van der Waals surface area contributed by atoms with Gasteiger partial charge in [0, 0.05) is 35.9 Å². The van der Waals surface area contributed by atoms with E-state index in [0.29, 0.717) is 13.1 Å². The Kier molecular flexibility index (Phi) is 5.75. The normalized spacial score (nSPS) is 12.9. The van der Waals surface area contributed by atoms with Gasteiger partial charge in [-0.3, -0.25) is 4.98 Å². The van der Waals surface area contributed by atoms with Crippen molar-refractivity contribution in [2.45, 2.75) is 32.3 Å². The van der Waals surface area contributed by atoms with Crippen LogP contribution in [0.15, 0.2) is 22.9 Å². The van der Waals surface area contributed by atoms with Crippen LogP contribution in [0.2, 0.25) is 0 Å². The van der Waals surface area contributed by atoms with Gasteiger partial charge in [0.05, 0.1) is 0 Å². The van der Waals surface area contributed by atoms with Gasteiger partial charge < -0.3 is 15.8 Å². The highest BCUT2D eigenvalue weighted by Crippen LogP contribution is 2.22. The highest BCUT2D eigenvalue weighted by Gasteiger charge is 2.18. The molecule has 0 spiro atoms. The van der Waals surface area contributed by atoms with E-state index in [4.69, 9.17) is 10.5 Å². The molecular weight excluding hydrogens is 310 g/mol. The molecule has 1 heterocycles. The molecule has 5 nitrogen and oxygen atoms in total. The van der Waals surface area contributed by atoms with Crippen LogP contribution in [0.25, 0.3) is 0 Å². The molecule has 0 fully saturated rings. The highest BCUT2D eigenvalue weighted by atomic mass is 79.9. The van der Waals surface area contributed by atoms with Crippen molar-refractivity contribution in [1.82, 2.24) is 10.3 Å². The van der Waals surface area contributed by atoms with Crippen molar-refractivity contribution < 1.29 is 9.53 Å². The van der Waals surface area contributed by atoms with Crippen LogP contribution in [0.4, 0.5) is 4.79 Å². The lowest BCUT2D eigenvalue weighted by molar-refractivity contribution is 0.0525. The molecule has 0 aliphatic heterocycles. The van der Waals surface area contributed by atoms with Crippen molar-refractivity contribution in [2.75, 3.05) is 13.1 Å². The molecule has 0 saturated heterocycles. The number of carbonyl (C=O) groups excluding carboxylic acids is 1. The fourth-order valence-electron chi connectivity index (χ4n) is 1.56. The summed E-state index contributed by atoms with van der Waals surface area (Å²) in [7, 11) is 0. The molecule has 0 aromatic carbocycles. The fourth-order valence-corrected chi connectivity index (χ4v) is 2.13. The summed E-state index contributed by atoms with van der Waals surface area (Å²) in [6.45, 7) is 6.33. The number of amides is 1. The summed E-state index contributed by atoms with van der Waals surface area (Å²) < 4.78 is 6.07. The smallest absolute Gasteiger partial charge is 0.407 e. The second-order valence-electron chi connectivity index (χ2n) is 5.21. The number of nitrogens with zero attached hydrogens (tertiary/aromatic N) is 1. The predicted octanol–water partition coefficient (Wildman–Crippen LogP) is 2.41. The molecular formula is C13H20BrN3O2. The quantitative estimate of drug-likeness (QED) is 0.889. The Bertz CT molecular complexity index is 432. The minimum Gasteiger partial charge on any atom is -0.444 e. The molecule has 3 N–H and O–H groups in total. The van der Waals surface area contributed by atoms with Gasteiger partial charge in [0.15, 0.2) is 0 Å². The average Bonchev–Trinajstić information content (AvgIpc) is 2.29. The summed E-state index contributed by atoms with van der Waals surface area (Å²) in [5.74, 6) is 0.0184. The van der Waals surface area contributed by atoms with Crippen LogP contribution < -0.4 is 11.1 Å². The van der Waals surface area contributed by atoms with E-state index in [1.807, 2.05) is 26.8 Å². The molecule has 0 aliphatic carbocycles. The maximum atomic E-state index is 11.6. The van der Waals surface area contributed by atoms with Crippen LogP contribution in [0, 0.1) is 0 Å². The first-order valence-corrected chi connectivity index (χ1v) is 6.89. The van der Waals surface area contributed by atoms with Gasteiger partial charge in [-0.15, -0.1) is 0 Å². The van der Waals surface area contributed by atoms with Gasteiger partial charge in [0.25, 0.3) is 0 Å². The maximum Gasteiger partial charge on any atom is 0.407 e. The molecule has 1 amide bonds. The van der Waals surface area contributed by atoms with E-state index in [1.165, 1.54) is 0 Å². The number of hydrogen-bond donors (Lipinski definition) is 2.